The van der Waals surface area contributed by atoms with E-state index in [4.69, 9.17) is 5.73 Å². The molecule has 84 valence electrons. The zero-order valence-electron chi connectivity index (χ0n) is 8.93. The normalized spacial score (nSPS) is 25.3. The Morgan fingerprint density at radius 2 is 2.19 bits per heavy atom. The molecule has 0 aliphatic heterocycles. The molecule has 2 aromatic rings. The van der Waals surface area contributed by atoms with Crippen LogP contribution in [-0.4, -0.2) is 16.3 Å². The van der Waals surface area contributed by atoms with Gasteiger partial charge in [0.2, 0.25) is 0 Å². The molecule has 0 amide bonds. The predicted octanol–water partition coefficient (Wildman–Crippen LogP) is 3.27. The zero-order chi connectivity index (χ0) is 11.0. The third-order valence-electron chi connectivity index (χ3n) is 2.97. The molecular formula is C12H14N2S2. The minimum atomic E-state index is 0.409. The van der Waals surface area contributed by atoms with Gasteiger partial charge in [-0.25, -0.2) is 4.98 Å². The Labute approximate surface area is 103 Å². The summed E-state index contributed by atoms with van der Waals surface area (Å²) in [7, 11) is 0. The lowest BCUT2D eigenvalue weighted by Crippen LogP contribution is -2.15. The smallest absolute Gasteiger partial charge is 0.151 e. The molecule has 4 heteroatoms. The van der Waals surface area contributed by atoms with Gasteiger partial charge in [0, 0.05) is 11.3 Å². The van der Waals surface area contributed by atoms with Gasteiger partial charge in [0.25, 0.3) is 0 Å². The second-order valence-corrected chi connectivity index (χ2v) is 6.84. The first-order valence-corrected chi connectivity index (χ1v) is 7.29. The van der Waals surface area contributed by atoms with Gasteiger partial charge in [0.05, 0.1) is 10.2 Å². The summed E-state index contributed by atoms with van der Waals surface area (Å²) >= 11 is 3.70. The Balaban J connectivity index is 1.79. The van der Waals surface area contributed by atoms with Crippen molar-refractivity contribution in [3.63, 3.8) is 0 Å². The van der Waals surface area contributed by atoms with Crippen LogP contribution in [0.4, 0.5) is 0 Å². The second-order valence-electron chi connectivity index (χ2n) is 4.26. The highest BCUT2D eigenvalue weighted by atomic mass is 32.2. The number of thioether (sulfide) groups is 1. The number of hydrogen-bond donors (Lipinski definition) is 1. The number of hydrogen-bond acceptors (Lipinski definition) is 4. The number of nitrogens with zero attached hydrogens (tertiary/aromatic N) is 1. The molecule has 1 saturated carbocycles. The zero-order valence-corrected chi connectivity index (χ0v) is 10.6. The molecule has 2 atom stereocenters. The van der Waals surface area contributed by atoms with Gasteiger partial charge in [-0.15, -0.1) is 11.3 Å². The maximum Gasteiger partial charge on any atom is 0.151 e. The van der Waals surface area contributed by atoms with E-state index < -0.39 is 0 Å². The quantitative estimate of drug-likeness (QED) is 0.889. The van der Waals surface area contributed by atoms with Crippen LogP contribution < -0.4 is 5.73 Å². The molecule has 1 heterocycles. The third-order valence-corrected chi connectivity index (χ3v) is 5.39. The van der Waals surface area contributed by atoms with E-state index in [2.05, 4.69) is 23.2 Å². The van der Waals surface area contributed by atoms with Gasteiger partial charge >= 0.3 is 0 Å². The maximum absolute atomic E-state index is 5.92. The van der Waals surface area contributed by atoms with Crippen LogP contribution in [0.25, 0.3) is 10.2 Å². The van der Waals surface area contributed by atoms with Crippen molar-refractivity contribution in [3.05, 3.63) is 24.3 Å². The van der Waals surface area contributed by atoms with Crippen molar-refractivity contribution in [2.24, 2.45) is 5.73 Å². The van der Waals surface area contributed by atoms with Gasteiger partial charge in [0.1, 0.15) is 0 Å². The first kappa shape index (κ1) is 10.6. The average molecular weight is 250 g/mol. The first-order valence-electron chi connectivity index (χ1n) is 5.59. The number of para-hydroxylation sites is 1. The van der Waals surface area contributed by atoms with Gasteiger partial charge in [-0.3, -0.25) is 0 Å². The van der Waals surface area contributed by atoms with Crippen LogP contribution in [0.15, 0.2) is 28.6 Å². The van der Waals surface area contributed by atoms with Crippen molar-refractivity contribution in [2.75, 3.05) is 0 Å². The summed E-state index contributed by atoms with van der Waals surface area (Å²) in [6, 6.07) is 8.74. The van der Waals surface area contributed by atoms with Crippen molar-refractivity contribution >= 4 is 33.3 Å². The molecule has 0 saturated heterocycles. The van der Waals surface area contributed by atoms with E-state index in [0.717, 1.165) is 11.9 Å². The van der Waals surface area contributed by atoms with Crippen molar-refractivity contribution in [1.29, 1.82) is 0 Å². The molecule has 1 aromatic carbocycles. The number of benzene rings is 1. The number of fused-ring (bicyclic) bond motifs is 1. The monoisotopic (exact) mass is 250 g/mol. The minimum absolute atomic E-state index is 0.409. The molecule has 1 aliphatic carbocycles. The van der Waals surface area contributed by atoms with Gasteiger partial charge in [-0.05, 0) is 31.4 Å². The minimum Gasteiger partial charge on any atom is -0.328 e. The summed E-state index contributed by atoms with van der Waals surface area (Å²) in [5.41, 5.74) is 7.05. The van der Waals surface area contributed by atoms with Crippen molar-refractivity contribution < 1.29 is 0 Å². The van der Waals surface area contributed by atoms with E-state index in [9.17, 15) is 0 Å². The average Bonchev–Trinajstić information content (AvgIpc) is 2.84. The van der Waals surface area contributed by atoms with Crippen LogP contribution in [0, 0.1) is 0 Å². The first-order chi connectivity index (χ1) is 7.81. The van der Waals surface area contributed by atoms with Crippen LogP contribution in [-0.2, 0) is 0 Å². The van der Waals surface area contributed by atoms with Gasteiger partial charge in [-0.1, -0.05) is 23.9 Å². The molecular weight excluding hydrogens is 236 g/mol. The number of rotatable bonds is 2. The maximum atomic E-state index is 5.92. The van der Waals surface area contributed by atoms with Gasteiger partial charge < -0.3 is 5.73 Å². The molecule has 0 spiro atoms. The predicted molar refractivity (Wildman–Crippen MR) is 71.1 cm³/mol. The third kappa shape index (κ3) is 2.10. The molecule has 1 aromatic heterocycles. The summed E-state index contributed by atoms with van der Waals surface area (Å²) in [5.74, 6) is 0. The molecule has 2 nitrogen and oxygen atoms in total. The highest BCUT2D eigenvalue weighted by Crippen LogP contribution is 2.37. The second kappa shape index (κ2) is 4.35. The molecule has 3 rings (SSSR count). The highest BCUT2D eigenvalue weighted by molar-refractivity contribution is 8.01. The molecule has 1 fully saturated rings. The van der Waals surface area contributed by atoms with E-state index in [1.165, 1.54) is 21.9 Å². The van der Waals surface area contributed by atoms with Crippen molar-refractivity contribution in [2.45, 2.75) is 34.9 Å². The topological polar surface area (TPSA) is 38.9 Å². The molecule has 16 heavy (non-hydrogen) atoms. The summed E-state index contributed by atoms with van der Waals surface area (Å²) in [6.07, 6.45) is 3.55. The van der Waals surface area contributed by atoms with E-state index in [1.54, 1.807) is 11.3 Å². The van der Waals surface area contributed by atoms with Crippen LogP contribution in [0.1, 0.15) is 19.3 Å². The summed E-state index contributed by atoms with van der Waals surface area (Å²) in [4.78, 5) is 4.64. The molecule has 2 N–H and O–H groups in total. The van der Waals surface area contributed by atoms with Crippen LogP contribution in [0.2, 0.25) is 0 Å². The number of thiazole rings is 1. The van der Waals surface area contributed by atoms with Crippen molar-refractivity contribution in [3.8, 4) is 0 Å². The fraction of sp³-hybridized carbons (Fsp3) is 0.417. The lowest BCUT2D eigenvalue weighted by atomic mass is 10.3. The van der Waals surface area contributed by atoms with Crippen LogP contribution >= 0.6 is 23.1 Å². The lowest BCUT2D eigenvalue weighted by molar-refractivity contribution is 0.706. The molecule has 0 bridgehead atoms. The SMILES string of the molecule is NC1CCC(Sc2nc3ccccc3s2)C1. The molecule has 0 radical (unpaired) electrons. The van der Waals surface area contributed by atoms with E-state index in [-0.39, 0.29) is 0 Å². The molecule has 1 aliphatic rings. The fourth-order valence-electron chi connectivity index (χ4n) is 2.12. The van der Waals surface area contributed by atoms with Gasteiger partial charge in [-0.2, -0.15) is 0 Å². The van der Waals surface area contributed by atoms with E-state index in [0.29, 0.717) is 11.3 Å². The van der Waals surface area contributed by atoms with E-state index in [1.807, 2.05) is 17.8 Å². The Morgan fingerprint density at radius 1 is 1.31 bits per heavy atom. The van der Waals surface area contributed by atoms with Crippen LogP contribution in [0.3, 0.4) is 0 Å². The summed E-state index contributed by atoms with van der Waals surface area (Å²) in [6.45, 7) is 0. The number of aromatic nitrogens is 1. The Morgan fingerprint density at radius 3 is 2.94 bits per heavy atom. The Bertz CT molecular complexity index is 461. The number of nitrogens with two attached hydrogens (primary N) is 1. The standard InChI is InChI=1S/C12H14N2S2/c13-8-5-6-9(7-8)15-12-14-10-3-1-2-4-11(10)16-12/h1-4,8-9H,5-7,13H2. The van der Waals surface area contributed by atoms with Crippen LogP contribution in [0.5, 0.6) is 0 Å². The highest BCUT2D eigenvalue weighted by Gasteiger charge is 2.23. The van der Waals surface area contributed by atoms with Gasteiger partial charge in [0.15, 0.2) is 4.34 Å². The Kier molecular flexibility index (Phi) is 2.88. The summed E-state index contributed by atoms with van der Waals surface area (Å²) < 4.78 is 2.48. The lowest BCUT2D eigenvalue weighted by Gasteiger charge is -2.05. The van der Waals surface area contributed by atoms with E-state index >= 15 is 0 Å². The largest absolute Gasteiger partial charge is 0.328 e. The van der Waals surface area contributed by atoms with Crippen molar-refractivity contribution in [1.82, 2.24) is 4.98 Å². The fourth-order valence-corrected chi connectivity index (χ4v) is 4.73. The Hall–Kier alpha value is -0.580. The summed E-state index contributed by atoms with van der Waals surface area (Å²) in [5, 5.41) is 0.676. The molecule has 2 unspecified atom stereocenters.